The number of amides is 2. The Bertz CT molecular complexity index is 1660. The molecule has 3 aromatic rings. The predicted octanol–water partition coefficient (Wildman–Crippen LogP) is 3.01. The first-order chi connectivity index (χ1) is 21.0. The van der Waals surface area contributed by atoms with Crippen LogP contribution < -0.4 is 15.4 Å². The Hall–Kier alpha value is -3.71. The SMILES string of the molecule is CCCN1CCc2c(C)cc(C(=O)N[C@@H](Cc3cc(F)cc(F)c3)[C@H](O)CNC3CNS(=O)(=O)c4ccccc43)cc2C1=O. The van der Waals surface area contributed by atoms with Gasteiger partial charge in [-0.05, 0) is 78.8 Å². The van der Waals surface area contributed by atoms with Gasteiger partial charge in [0.05, 0.1) is 17.0 Å². The largest absolute Gasteiger partial charge is 0.390 e. The van der Waals surface area contributed by atoms with E-state index < -0.39 is 45.8 Å². The van der Waals surface area contributed by atoms with E-state index in [0.717, 1.165) is 35.7 Å². The van der Waals surface area contributed by atoms with Crippen molar-refractivity contribution in [3.8, 4) is 0 Å². The number of hydrogen-bond donors (Lipinski definition) is 4. The summed E-state index contributed by atoms with van der Waals surface area (Å²) in [5, 5.41) is 17.3. The van der Waals surface area contributed by atoms with Gasteiger partial charge in [-0.1, -0.05) is 25.1 Å². The number of rotatable bonds is 10. The lowest BCUT2D eigenvalue weighted by Crippen LogP contribution is -2.50. The number of aliphatic hydroxyl groups excluding tert-OH is 1. The van der Waals surface area contributed by atoms with Gasteiger partial charge in [0.1, 0.15) is 11.6 Å². The number of nitrogens with one attached hydrogen (secondary N) is 3. The molecule has 0 bridgehead atoms. The summed E-state index contributed by atoms with van der Waals surface area (Å²) in [6, 6.07) is 11.4. The van der Waals surface area contributed by atoms with Crippen LogP contribution in [0.5, 0.6) is 0 Å². The summed E-state index contributed by atoms with van der Waals surface area (Å²) in [5.41, 5.74) is 3.19. The number of halogens is 2. The number of fused-ring (bicyclic) bond motifs is 2. The van der Waals surface area contributed by atoms with Gasteiger partial charge in [0.15, 0.2) is 0 Å². The summed E-state index contributed by atoms with van der Waals surface area (Å²) in [4.78, 5) is 28.6. The van der Waals surface area contributed by atoms with Crippen molar-refractivity contribution in [3.05, 3.63) is 99.6 Å². The van der Waals surface area contributed by atoms with Gasteiger partial charge in [0.2, 0.25) is 10.0 Å². The van der Waals surface area contributed by atoms with Gasteiger partial charge in [-0.3, -0.25) is 9.59 Å². The summed E-state index contributed by atoms with van der Waals surface area (Å²) in [7, 11) is -3.65. The Morgan fingerprint density at radius 1 is 1.14 bits per heavy atom. The summed E-state index contributed by atoms with van der Waals surface area (Å²) in [5.74, 6) is -2.26. The van der Waals surface area contributed by atoms with Gasteiger partial charge in [0.25, 0.3) is 11.8 Å². The first-order valence-electron chi connectivity index (χ1n) is 14.7. The van der Waals surface area contributed by atoms with Crippen LogP contribution in [0, 0.1) is 18.6 Å². The molecule has 9 nitrogen and oxygen atoms in total. The van der Waals surface area contributed by atoms with Crippen molar-refractivity contribution in [2.45, 2.75) is 56.2 Å². The van der Waals surface area contributed by atoms with Crippen LogP contribution in [0.1, 0.15) is 62.4 Å². The predicted molar refractivity (Wildman–Crippen MR) is 161 cm³/mol. The number of benzene rings is 3. The molecule has 0 spiro atoms. The minimum absolute atomic E-state index is 0.0513. The number of aryl methyl sites for hydroxylation is 1. The summed E-state index contributed by atoms with van der Waals surface area (Å²) >= 11 is 0. The Morgan fingerprint density at radius 3 is 2.59 bits per heavy atom. The van der Waals surface area contributed by atoms with Gasteiger partial charge >= 0.3 is 0 Å². The van der Waals surface area contributed by atoms with E-state index in [9.17, 15) is 31.9 Å². The fraction of sp³-hybridized carbons (Fsp3) is 0.375. The Labute approximate surface area is 255 Å². The Morgan fingerprint density at radius 2 is 1.86 bits per heavy atom. The molecule has 0 saturated heterocycles. The maximum atomic E-state index is 14.0. The van der Waals surface area contributed by atoms with Gasteiger partial charge in [-0.25, -0.2) is 21.9 Å². The summed E-state index contributed by atoms with van der Waals surface area (Å²) in [6.45, 7) is 5.05. The summed E-state index contributed by atoms with van der Waals surface area (Å²) < 4.78 is 55.5. The third-order valence-electron chi connectivity index (χ3n) is 8.17. The van der Waals surface area contributed by atoms with Gasteiger partial charge in [-0.15, -0.1) is 0 Å². The van der Waals surface area contributed by atoms with E-state index in [0.29, 0.717) is 30.6 Å². The quantitative estimate of drug-likeness (QED) is 0.274. The van der Waals surface area contributed by atoms with E-state index in [1.54, 1.807) is 35.2 Å². The molecular weight excluding hydrogens is 590 g/mol. The highest BCUT2D eigenvalue weighted by molar-refractivity contribution is 7.89. The minimum atomic E-state index is -3.65. The van der Waals surface area contributed by atoms with E-state index in [1.165, 1.54) is 6.07 Å². The highest BCUT2D eigenvalue weighted by Crippen LogP contribution is 2.27. The van der Waals surface area contributed by atoms with E-state index >= 15 is 0 Å². The van der Waals surface area contributed by atoms with Crippen LogP contribution in [0.25, 0.3) is 0 Å². The number of hydrogen-bond acceptors (Lipinski definition) is 6. The molecule has 0 aliphatic carbocycles. The highest BCUT2D eigenvalue weighted by Gasteiger charge is 2.32. The number of nitrogens with zero attached hydrogens (tertiary/aromatic N) is 1. The zero-order valence-corrected chi connectivity index (χ0v) is 25.4. The molecule has 3 aromatic carbocycles. The van der Waals surface area contributed by atoms with Crippen molar-refractivity contribution in [1.82, 2.24) is 20.3 Å². The molecule has 0 aromatic heterocycles. The molecule has 0 fully saturated rings. The van der Waals surface area contributed by atoms with Crippen molar-refractivity contribution in [3.63, 3.8) is 0 Å². The molecule has 0 radical (unpaired) electrons. The third-order valence-corrected chi connectivity index (χ3v) is 9.67. The average molecular weight is 627 g/mol. The second kappa shape index (κ2) is 13.1. The lowest BCUT2D eigenvalue weighted by molar-refractivity contribution is 0.0739. The number of carbonyl (C=O) groups is 2. The van der Waals surface area contributed by atoms with Crippen molar-refractivity contribution < 1.29 is 31.9 Å². The molecule has 0 saturated carbocycles. The molecule has 4 N–H and O–H groups in total. The number of sulfonamides is 1. The molecular formula is C32H36F2N4O5S. The Balaban J connectivity index is 1.38. The van der Waals surface area contributed by atoms with Crippen molar-refractivity contribution in [1.29, 1.82) is 0 Å². The molecule has 2 amide bonds. The van der Waals surface area contributed by atoms with Crippen LogP contribution in [0.4, 0.5) is 8.78 Å². The lowest BCUT2D eigenvalue weighted by Gasteiger charge is -2.31. The van der Waals surface area contributed by atoms with Crippen LogP contribution >= 0.6 is 0 Å². The van der Waals surface area contributed by atoms with Crippen LogP contribution in [0.3, 0.4) is 0 Å². The zero-order valence-electron chi connectivity index (χ0n) is 24.6. The second-order valence-electron chi connectivity index (χ2n) is 11.3. The van der Waals surface area contributed by atoms with Crippen molar-refractivity contribution in [2.75, 3.05) is 26.2 Å². The van der Waals surface area contributed by atoms with Crippen molar-refractivity contribution in [2.24, 2.45) is 0 Å². The van der Waals surface area contributed by atoms with Crippen LogP contribution in [0.2, 0.25) is 0 Å². The van der Waals surface area contributed by atoms with Crippen LogP contribution in [0.15, 0.2) is 59.5 Å². The minimum Gasteiger partial charge on any atom is -0.390 e. The average Bonchev–Trinajstić information content (AvgIpc) is 2.97. The zero-order chi connectivity index (χ0) is 31.6. The van der Waals surface area contributed by atoms with E-state index in [1.807, 2.05) is 13.8 Å². The number of aliphatic hydroxyl groups is 1. The molecule has 2 aliphatic heterocycles. The molecule has 2 aliphatic rings. The monoisotopic (exact) mass is 626 g/mol. The maximum Gasteiger partial charge on any atom is 0.254 e. The highest BCUT2D eigenvalue weighted by atomic mass is 32.2. The van der Waals surface area contributed by atoms with Crippen LogP contribution in [-0.2, 0) is 22.9 Å². The van der Waals surface area contributed by atoms with Gasteiger partial charge < -0.3 is 20.6 Å². The smallest absolute Gasteiger partial charge is 0.254 e. The first kappa shape index (κ1) is 31.7. The normalized spacial score (nSPS) is 18.7. The van der Waals surface area contributed by atoms with Crippen LogP contribution in [-0.4, -0.2) is 68.6 Å². The molecule has 1 unspecified atom stereocenters. The summed E-state index contributed by atoms with van der Waals surface area (Å²) in [6.07, 6.45) is 0.168. The standard InChI is InChI=1S/C32H36F2N4O5S/c1-3-9-38-10-8-24-19(2)11-21(15-26(24)32(38)41)31(40)37-27(14-20-12-22(33)16-23(34)13-20)29(39)18-35-28-17-36-44(42,43)30-7-5-4-6-25(28)30/h4-7,11-13,15-16,27-29,35-36,39H,3,8-10,14,17-18H2,1-2H3,(H,37,40)/t27-,28?,29+/m0/s1. The third kappa shape index (κ3) is 6.83. The second-order valence-corrected chi connectivity index (χ2v) is 13.1. The molecule has 2 heterocycles. The Kier molecular flexibility index (Phi) is 9.45. The first-order valence-corrected chi connectivity index (χ1v) is 16.1. The molecule has 12 heteroatoms. The van der Waals surface area contributed by atoms with Crippen molar-refractivity contribution >= 4 is 21.8 Å². The van der Waals surface area contributed by atoms with Gasteiger partial charge in [0, 0.05) is 49.4 Å². The lowest BCUT2D eigenvalue weighted by atomic mass is 9.91. The topological polar surface area (TPSA) is 128 Å². The molecule has 5 rings (SSSR count). The fourth-order valence-electron chi connectivity index (χ4n) is 5.97. The number of carbonyl (C=O) groups excluding carboxylic acids is 2. The molecule has 3 atom stereocenters. The molecule has 44 heavy (non-hydrogen) atoms. The van der Waals surface area contributed by atoms with E-state index in [-0.39, 0.29) is 41.4 Å². The van der Waals surface area contributed by atoms with E-state index in [4.69, 9.17) is 0 Å². The molecule has 234 valence electrons. The van der Waals surface area contributed by atoms with E-state index in [2.05, 4.69) is 15.4 Å². The van der Waals surface area contributed by atoms with Gasteiger partial charge in [-0.2, -0.15) is 0 Å². The fourth-order valence-corrected chi connectivity index (χ4v) is 7.29. The maximum absolute atomic E-state index is 14.0.